The summed E-state index contributed by atoms with van der Waals surface area (Å²) in [7, 11) is 3.20. The lowest BCUT2D eigenvalue weighted by atomic mass is 9.84. The van der Waals surface area contributed by atoms with Crippen molar-refractivity contribution in [3.05, 3.63) is 43.0 Å². The largest absolute Gasteiger partial charge is 0.493 e. The van der Waals surface area contributed by atoms with E-state index in [0.717, 1.165) is 36.3 Å². The molecule has 186 valence electrons. The second-order valence-electron chi connectivity index (χ2n) is 8.85. The number of piperazine rings is 1. The highest BCUT2D eigenvalue weighted by atomic mass is 16.5. The molecule has 2 aliphatic rings. The predicted octanol–water partition coefficient (Wildman–Crippen LogP) is 2.62. The van der Waals surface area contributed by atoms with Gasteiger partial charge in [-0.3, -0.25) is 9.59 Å². The number of hydrogen-bond acceptors (Lipinski definition) is 7. The second kappa shape index (κ2) is 11.2. The van der Waals surface area contributed by atoms with E-state index < -0.39 is 0 Å². The second-order valence-corrected chi connectivity index (χ2v) is 8.85. The van der Waals surface area contributed by atoms with Crippen LogP contribution >= 0.6 is 0 Å². The van der Waals surface area contributed by atoms with Crippen LogP contribution in [0.1, 0.15) is 19.3 Å². The van der Waals surface area contributed by atoms with Crippen molar-refractivity contribution in [2.24, 2.45) is 5.92 Å². The predicted molar refractivity (Wildman–Crippen MR) is 133 cm³/mol. The van der Waals surface area contributed by atoms with Gasteiger partial charge < -0.3 is 24.2 Å². The van der Waals surface area contributed by atoms with Crippen molar-refractivity contribution in [3.8, 4) is 22.8 Å². The summed E-state index contributed by atoms with van der Waals surface area (Å²) in [5, 5.41) is 8.81. The van der Waals surface area contributed by atoms with E-state index in [0.29, 0.717) is 44.2 Å². The monoisotopic (exact) mass is 479 g/mol. The molecule has 9 heteroatoms. The van der Waals surface area contributed by atoms with E-state index in [9.17, 15) is 9.59 Å². The van der Waals surface area contributed by atoms with Crippen LogP contribution in [0.25, 0.3) is 11.3 Å². The number of carbonyl (C=O) groups is 2. The van der Waals surface area contributed by atoms with Crippen LogP contribution < -0.4 is 14.4 Å². The summed E-state index contributed by atoms with van der Waals surface area (Å²) in [6.07, 6.45) is 4.62. The molecule has 35 heavy (non-hydrogen) atoms. The number of ether oxygens (including phenoxy) is 2. The van der Waals surface area contributed by atoms with Gasteiger partial charge in [0.2, 0.25) is 11.8 Å². The van der Waals surface area contributed by atoms with E-state index in [2.05, 4.69) is 21.7 Å². The van der Waals surface area contributed by atoms with Crippen molar-refractivity contribution >= 4 is 17.6 Å². The zero-order chi connectivity index (χ0) is 24.8. The summed E-state index contributed by atoms with van der Waals surface area (Å²) in [5.41, 5.74) is 1.62. The van der Waals surface area contributed by atoms with Gasteiger partial charge in [0, 0.05) is 44.2 Å². The molecule has 0 atom stereocenters. The SMILES string of the molecule is C=CCN(CC(=O)N1CCN(c2ccc(-c3ccc(OC)c(OC)c3)nn2)CC1)C(=O)C1CCC1. The van der Waals surface area contributed by atoms with E-state index in [1.165, 1.54) is 0 Å². The number of rotatable bonds is 9. The Balaban J connectivity index is 1.33. The zero-order valence-electron chi connectivity index (χ0n) is 20.5. The molecule has 9 nitrogen and oxygen atoms in total. The number of amides is 2. The van der Waals surface area contributed by atoms with E-state index in [1.807, 2.05) is 35.2 Å². The Labute approximate surface area is 206 Å². The summed E-state index contributed by atoms with van der Waals surface area (Å²) >= 11 is 0. The summed E-state index contributed by atoms with van der Waals surface area (Å²) in [6, 6.07) is 9.51. The lowest BCUT2D eigenvalue weighted by Gasteiger charge is -2.37. The van der Waals surface area contributed by atoms with Gasteiger partial charge in [0.1, 0.15) is 6.54 Å². The Hall–Kier alpha value is -3.62. The Morgan fingerprint density at radius 2 is 1.80 bits per heavy atom. The Kier molecular flexibility index (Phi) is 7.84. The van der Waals surface area contributed by atoms with E-state index in [1.54, 1.807) is 25.2 Å². The van der Waals surface area contributed by atoms with Crippen molar-refractivity contribution in [1.82, 2.24) is 20.0 Å². The van der Waals surface area contributed by atoms with E-state index >= 15 is 0 Å². The first-order valence-corrected chi connectivity index (χ1v) is 12.0. The topological polar surface area (TPSA) is 88.1 Å². The molecular weight excluding hydrogens is 446 g/mol. The molecule has 4 rings (SSSR count). The van der Waals surface area contributed by atoms with Gasteiger partial charge in [0.25, 0.3) is 0 Å². The first-order valence-electron chi connectivity index (χ1n) is 12.0. The van der Waals surface area contributed by atoms with Crippen LogP contribution in [0.3, 0.4) is 0 Å². The highest BCUT2D eigenvalue weighted by Gasteiger charge is 2.31. The van der Waals surface area contributed by atoms with Gasteiger partial charge in [-0.2, -0.15) is 0 Å². The zero-order valence-corrected chi connectivity index (χ0v) is 20.5. The van der Waals surface area contributed by atoms with Crippen LogP contribution in [0.15, 0.2) is 43.0 Å². The number of carbonyl (C=O) groups excluding carboxylic acids is 2. The Morgan fingerprint density at radius 1 is 1.06 bits per heavy atom. The molecule has 1 aliphatic heterocycles. The van der Waals surface area contributed by atoms with Crippen LogP contribution in [-0.4, -0.2) is 85.3 Å². The molecule has 2 fully saturated rings. The molecule has 1 aliphatic carbocycles. The maximum atomic E-state index is 12.9. The lowest BCUT2D eigenvalue weighted by Crippen LogP contribution is -2.52. The van der Waals surface area contributed by atoms with Crippen LogP contribution in [-0.2, 0) is 9.59 Å². The summed E-state index contributed by atoms with van der Waals surface area (Å²) in [5.74, 6) is 2.20. The van der Waals surface area contributed by atoms with Crippen LogP contribution in [0, 0.1) is 5.92 Å². The Morgan fingerprint density at radius 3 is 2.37 bits per heavy atom. The fourth-order valence-electron chi connectivity index (χ4n) is 4.39. The number of aromatic nitrogens is 2. The number of hydrogen-bond donors (Lipinski definition) is 0. The molecule has 0 N–H and O–H groups in total. The van der Waals surface area contributed by atoms with Crippen molar-refractivity contribution in [2.75, 3.05) is 58.4 Å². The highest BCUT2D eigenvalue weighted by Crippen LogP contribution is 2.32. The van der Waals surface area contributed by atoms with Gasteiger partial charge in [-0.1, -0.05) is 12.5 Å². The van der Waals surface area contributed by atoms with Crippen molar-refractivity contribution in [1.29, 1.82) is 0 Å². The highest BCUT2D eigenvalue weighted by molar-refractivity contribution is 5.86. The molecule has 0 spiro atoms. The van der Waals surface area contributed by atoms with E-state index in [4.69, 9.17) is 9.47 Å². The maximum absolute atomic E-state index is 12.9. The molecule has 1 saturated carbocycles. The van der Waals surface area contributed by atoms with E-state index in [-0.39, 0.29) is 24.3 Å². The van der Waals surface area contributed by atoms with Crippen molar-refractivity contribution < 1.29 is 19.1 Å². The number of methoxy groups -OCH3 is 2. The Bertz CT molecular complexity index is 1050. The van der Waals surface area contributed by atoms with Crippen LogP contribution in [0.4, 0.5) is 5.82 Å². The summed E-state index contributed by atoms with van der Waals surface area (Å²) in [6.45, 7) is 6.74. The smallest absolute Gasteiger partial charge is 0.242 e. The first-order chi connectivity index (χ1) is 17.0. The number of nitrogens with zero attached hydrogens (tertiary/aromatic N) is 5. The van der Waals surface area contributed by atoms with Crippen molar-refractivity contribution in [2.45, 2.75) is 19.3 Å². The molecule has 0 radical (unpaired) electrons. The average molecular weight is 480 g/mol. The lowest BCUT2D eigenvalue weighted by molar-refractivity contribution is -0.144. The molecule has 2 heterocycles. The molecule has 2 amide bonds. The third kappa shape index (κ3) is 5.55. The first kappa shape index (κ1) is 24.5. The van der Waals surface area contributed by atoms with Crippen molar-refractivity contribution in [3.63, 3.8) is 0 Å². The average Bonchev–Trinajstić information content (AvgIpc) is 2.87. The molecule has 1 aromatic carbocycles. The third-order valence-corrected chi connectivity index (χ3v) is 6.73. The van der Waals surface area contributed by atoms with Gasteiger partial charge in [0.15, 0.2) is 17.3 Å². The fourth-order valence-corrected chi connectivity index (χ4v) is 4.39. The molecular formula is C26H33N5O4. The minimum absolute atomic E-state index is 0.0194. The molecule has 1 aromatic heterocycles. The van der Waals surface area contributed by atoms with Gasteiger partial charge >= 0.3 is 0 Å². The van der Waals surface area contributed by atoms with Crippen LogP contribution in [0.2, 0.25) is 0 Å². The van der Waals surface area contributed by atoms with Gasteiger partial charge in [-0.25, -0.2) is 0 Å². The minimum atomic E-state index is -0.0194. The summed E-state index contributed by atoms with van der Waals surface area (Å²) in [4.78, 5) is 31.1. The molecule has 0 unspecified atom stereocenters. The fraction of sp³-hybridized carbons (Fsp3) is 0.462. The maximum Gasteiger partial charge on any atom is 0.242 e. The number of anilines is 1. The third-order valence-electron chi connectivity index (χ3n) is 6.73. The molecule has 0 bridgehead atoms. The molecule has 1 saturated heterocycles. The summed E-state index contributed by atoms with van der Waals surface area (Å²) < 4.78 is 10.7. The van der Waals surface area contributed by atoms with Gasteiger partial charge in [-0.15, -0.1) is 16.8 Å². The van der Waals surface area contributed by atoms with Gasteiger partial charge in [0.05, 0.1) is 19.9 Å². The number of benzene rings is 1. The standard InChI is InChI=1S/C26H33N5O4/c1-4-12-31(26(33)19-6-5-7-19)18-25(32)30-15-13-29(14-16-30)24-11-9-21(27-28-24)20-8-10-22(34-2)23(17-20)35-3/h4,8-11,17,19H,1,5-7,12-16,18H2,2-3H3. The van der Waals surface area contributed by atoms with Gasteiger partial charge in [-0.05, 0) is 43.2 Å². The molecule has 2 aromatic rings. The normalized spacial score (nSPS) is 15.8. The van der Waals surface area contributed by atoms with Crippen LogP contribution in [0.5, 0.6) is 11.5 Å². The quantitative estimate of drug-likeness (QED) is 0.511. The minimum Gasteiger partial charge on any atom is -0.493 e.